The SMILES string of the molecule is Fc1c(F)c(F)c(C(c2cc[nH]c2)c2c[nH]c(C(c3ccc(C(c4ccc[nH]4)c4c(F)c(F)c(F)c(F)c4F)[nH]3)c3c(F)c(F)c(F)c(F)c3F)c2)c(F)c1F. The fourth-order valence-electron chi connectivity index (χ4n) is 6.68. The largest absolute Gasteiger partial charge is 0.367 e. The monoisotopic (exact) mass is 802 g/mol. The second-order valence-electron chi connectivity index (χ2n) is 12.3. The van der Waals surface area contributed by atoms with Gasteiger partial charge < -0.3 is 19.9 Å². The molecular formula is C37H17F15N4. The van der Waals surface area contributed by atoms with E-state index in [1.807, 2.05) is 0 Å². The first-order chi connectivity index (χ1) is 26.6. The van der Waals surface area contributed by atoms with Crippen molar-refractivity contribution in [1.29, 1.82) is 0 Å². The Balaban J connectivity index is 1.46. The molecule has 290 valence electrons. The molecule has 0 saturated carbocycles. The maximum atomic E-state index is 15.6. The Morgan fingerprint density at radius 3 is 1.14 bits per heavy atom. The predicted octanol–water partition coefficient (Wildman–Crippen LogP) is 10.6. The molecule has 0 saturated heterocycles. The van der Waals surface area contributed by atoms with Crippen molar-refractivity contribution in [2.24, 2.45) is 0 Å². The fraction of sp³-hybridized carbons (Fsp3) is 0.0811. The zero-order chi connectivity index (χ0) is 40.5. The molecule has 3 atom stereocenters. The first kappa shape index (κ1) is 38.0. The van der Waals surface area contributed by atoms with Gasteiger partial charge in [0.05, 0.1) is 11.8 Å². The van der Waals surface area contributed by atoms with E-state index < -0.39 is 139 Å². The summed E-state index contributed by atoms with van der Waals surface area (Å²) in [6.45, 7) is 0. The molecule has 4 heterocycles. The van der Waals surface area contributed by atoms with Gasteiger partial charge in [0.1, 0.15) is 0 Å². The Kier molecular flexibility index (Phi) is 9.57. The molecule has 0 radical (unpaired) electrons. The van der Waals surface area contributed by atoms with E-state index in [2.05, 4.69) is 19.9 Å². The van der Waals surface area contributed by atoms with Crippen molar-refractivity contribution < 1.29 is 65.9 Å². The lowest BCUT2D eigenvalue weighted by Crippen LogP contribution is -2.16. The van der Waals surface area contributed by atoms with Crippen LogP contribution in [0.1, 0.15) is 68.3 Å². The lowest BCUT2D eigenvalue weighted by Gasteiger charge is -2.20. The minimum absolute atomic E-state index is 0.134. The highest BCUT2D eigenvalue weighted by Gasteiger charge is 2.38. The predicted molar refractivity (Wildman–Crippen MR) is 165 cm³/mol. The summed E-state index contributed by atoms with van der Waals surface area (Å²) < 4.78 is 222. The fourth-order valence-corrected chi connectivity index (χ4v) is 6.68. The van der Waals surface area contributed by atoms with Crippen molar-refractivity contribution in [2.45, 2.75) is 17.8 Å². The van der Waals surface area contributed by atoms with Crippen LogP contribution in [0.2, 0.25) is 0 Å². The van der Waals surface area contributed by atoms with E-state index in [1.165, 1.54) is 30.6 Å². The lowest BCUT2D eigenvalue weighted by atomic mass is 9.85. The summed E-state index contributed by atoms with van der Waals surface area (Å²) in [7, 11) is 0. The average Bonchev–Trinajstić information content (AvgIpc) is 4.04. The van der Waals surface area contributed by atoms with Gasteiger partial charge in [-0.3, -0.25) is 0 Å². The van der Waals surface area contributed by atoms with E-state index in [0.29, 0.717) is 0 Å². The van der Waals surface area contributed by atoms with E-state index in [4.69, 9.17) is 0 Å². The zero-order valence-electron chi connectivity index (χ0n) is 27.2. The van der Waals surface area contributed by atoms with Gasteiger partial charge in [0, 0.05) is 70.2 Å². The summed E-state index contributed by atoms with van der Waals surface area (Å²) >= 11 is 0. The molecule has 4 N–H and O–H groups in total. The first-order valence-corrected chi connectivity index (χ1v) is 15.7. The number of hydrogen-bond donors (Lipinski definition) is 4. The van der Waals surface area contributed by atoms with Gasteiger partial charge in [-0.25, -0.2) is 65.9 Å². The molecule has 4 nitrogen and oxygen atoms in total. The van der Waals surface area contributed by atoms with Crippen LogP contribution in [0.15, 0.2) is 61.2 Å². The molecular weight excluding hydrogens is 785 g/mol. The normalized spacial score (nSPS) is 13.4. The third kappa shape index (κ3) is 5.83. The molecule has 4 aromatic heterocycles. The number of hydrogen-bond acceptors (Lipinski definition) is 0. The molecule has 7 rings (SSSR count). The molecule has 0 aliphatic carbocycles. The summed E-state index contributed by atoms with van der Waals surface area (Å²) in [5, 5.41) is 0. The first-order valence-electron chi connectivity index (χ1n) is 15.7. The maximum Gasteiger partial charge on any atom is 0.200 e. The van der Waals surface area contributed by atoms with Crippen molar-refractivity contribution in [3.05, 3.63) is 199 Å². The highest BCUT2D eigenvalue weighted by atomic mass is 19.2. The maximum absolute atomic E-state index is 15.6. The number of aromatic nitrogens is 4. The van der Waals surface area contributed by atoms with Crippen LogP contribution >= 0.6 is 0 Å². The highest BCUT2D eigenvalue weighted by Crippen LogP contribution is 2.43. The number of rotatable bonds is 9. The molecule has 7 aromatic rings. The van der Waals surface area contributed by atoms with Crippen molar-refractivity contribution in [3.8, 4) is 0 Å². The minimum Gasteiger partial charge on any atom is -0.367 e. The summed E-state index contributed by atoms with van der Waals surface area (Å²) in [5.41, 5.74) is -6.70. The van der Waals surface area contributed by atoms with Crippen molar-refractivity contribution in [3.63, 3.8) is 0 Å². The molecule has 0 bridgehead atoms. The van der Waals surface area contributed by atoms with Gasteiger partial charge >= 0.3 is 0 Å². The van der Waals surface area contributed by atoms with Gasteiger partial charge in [-0.1, -0.05) is 0 Å². The smallest absolute Gasteiger partial charge is 0.200 e. The van der Waals surface area contributed by atoms with E-state index in [-0.39, 0.29) is 16.8 Å². The molecule has 0 spiro atoms. The Bertz CT molecular complexity index is 2390. The molecule has 56 heavy (non-hydrogen) atoms. The Hall–Kier alpha value is -6.27. The van der Waals surface area contributed by atoms with Gasteiger partial charge in [-0.2, -0.15) is 0 Å². The van der Waals surface area contributed by atoms with Gasteiger partial charge in [0.15, 0.2) is 69.8 Å². The quantitative estimate of drug-likeness (QED) is 0.0638. The van der Waals surface area contributed by atoms with Crippen LogP contribution in [0.4, 0.5) is 65.9 Å². The second kappa shape index (κ2) is 14.1. The van der Waals surface area contributed by atoms with Crippen molar-refractivity contribution in [2.75, 3.05) is 0 Å². The Morgan fingerprint density at radius 1 is 0.339 bits per heavy atom. The van der Waals surface area contributed by atoms with Crippen LogP contribution < -0.4 is 0 Å². The Morgan fingerprint density at radius 2 is 0.750 bits per heavy atom. The summed E-state index contributed by atoms with van der Waals surface area (Å²) in [5.74, 6) is -41.6. The molecule has 3 aromatic carbocycles. The van der Waals surface area contributed by atoms with E-state index in [1.54, 1.807) is 0 Å². The van der Waals surface area contributed by atoms with Crippen LogP contribution in [0, 0.1) is 87.3 Å². The van der Waals surface area contributed by atoms with Crippen molar-refractivity contribution in [1.82, 2.24) is 19.9 Å². The third-order valence-corrected chi connectivity index (χ3v) is 9.21. The van der Waals surface area contributed by atoms with Gasteiger partial charge in [0.25, 0.3) is 0 Å². The van der Waals surface area contributed by atoms with Crippen molar-refractivity contribution >= 4 is 0 Å². The molecule has 0 aliphatic rings. The molecule has 19 heteroatoms. The van der Waals surface area contributed by atoms with Crippen LogP contribution in [-0.2, 0) is 0 Å². The summed E-state index contributed by atoms with van der Waals surface area (Å²) in [6.07, 6.45) is 4.41. The topological polar surface area (TPSA) is 63.2 Å². The van der Waals surface area contributed by atoms with Crippen LogP contribution in [0.5, 0.6) is 0 Å². The standard InChI is InChI=1S/C37H17F15N4/c38-23-20(24(39)30(45)35(50)29(23)44)17(11-5-7-53-9-11)12-8-16(55-10-12)19(22-27(42)33(48)37(52)34(49)28(22)43)15-4-3-14(56-15)18(13-2-1-6-54-13)21-25(40)31(46)36(51)32(47)26(21)41/h1-10,17-19,53-56H. The lowest BCUT2D eigenvalue weighted by molar-refractivity contribution is 0.368. The molecule has 0 aliphatic heterocycles. The summed E-state index contributed by atoms with van der Waals surface area (Å²) in [4.78, 5) is 10.0. The van der Waals surface area contributed by atoms with Gasteiger partial charge in [-0.05, 0) is 47.5 Å². The Labute approximate surface area is 302 Å². The number of H-pyrrole nitrogens is 4. The average molecular weight is 803 g/mol. The minimum atomic E-state index is -2.57. The molecule has 3 unspecified atom stereocenters. The van der Waals surface area contributed by atoms with E-state index in [9.17, 15) is 39.5 Å². The van der Waals surface area contributed by atoms with E-state index >= 15 is 26.3 Å². The van der Waals surface area contributed by atoms with Gasteiger partial charge in [-0.15, -0.1) is 0 Å². The zero-order valence-corrected chi connectivity index (χ0v) is 27.2. The van der Waals surface area contributed by atoms with Crippen LogP contribution in [0.3, 0.4) is 0 Å². The highest BCUT2D eigenvalue weighted by molar-refractivity contribution is 5.49. The number of nitrogens with one attached hydrogen (secondary N) is 4. The number of halogens is 15. The third-order valence-electron chi connectivity index (χ3n) is 9.21. The van der Waals surface area contributed by atoms with E-state index in [0.717, 1.165) is 30.6 Å². The second-order valence-corrected chi connectivity index (χ2v) is 12.3. The van der Waals surface area contributed by atoms with Gasteiger partial charge in [0.2, 0.25) is 17.5 Å². The van der Waals surface area contributed by atoms with Crippen LogP contribution in [-0.4, -0.2) is 19.9 Å². The number of aromatic amines is 4. The number of benzene rings is 3. The summed E-state index contributed by atoms with van der Waals surface area (Å²) in [6, 6.07) is 6.33. The molecule has 0 amide bonds. The van der Waals surface area contributed by atoms with Crippen LogP contribution in [0.25, 0.3) is 0 Å². The molecule has 0 fully saturated rings.